The molecule has 7 nitrogen and oxygen atoms in total. The van der Waals surface area contributed by atoms with E-state index in [2.05, 4.69) is 10.0 Å². The summed E-state index contributed by atoms with van der Waals surface area (Å²) in [6.07, 6.45) is -0.743. The molecule has 2 aromatic carbocycles. The van der Waals surface area contributed by atoms with Gasteiger partial charge in [0.25, 0.3) is 5.91 Å². The molecule has 2 aromatic rings. The Bertz CT molecular complexity index is 962. The highest BCUT2D eigenvalue weighted by atomic mass is 35.5. The van der Waals surface area contributed by atoms with Crippen LogP contribution in [-0.2, 0) is 14.8 Å². The van der Waals surface area contributed by atoms with Gasteiger partial charge in [0.2, 0.25) is 10.0 Å². The van der Waals surface area contributed by atoms with Gasteiger partial charge in [-0.25, -0.2) is 13.1 Å². The van der Waals surface area contributed by atoms with E-state index in [1.807, 2.05) is 13.8 Å². The number of rotatable bonds is 9. The van der Waals surface area contributed by atoms with Crippen LogP contribution in [0.2, 0.25) is 5.02 Å². The van der Waals surface area contributed by atoms with E-state index in [0.29, 0.717) is 10.8 Å². The molecule has 0 aliphatic carbocycles. The predicted octanol–water partition coefficient (Wildman–Crippen LogP) is 2.83. The molecule has 2 N–H and O–H groups in total. The van der Waals surface area contributed by atoms with Crippen molar-refractivity contribution < 1.29 is 22.7 Å². The Morgan fingerprint density at radius 2 is 1.72 bits per heavy atom. The van der Waals surface area contributed by atoms with Crippen LogP contribution in [0, 0.1) is 13.8 Å². The summed E-state index contributed by atoms with van der Waals surface area (Å²) in [5.74, 6) is 0.428. The van der Waals surface area contributed by atoms with Crippen LogP contribution < -0.4 is 19.5 Å². The normalized spacial score (nSPS) is 12.3. The third-order valence-corrected chi connectivity index (χ3v) is 6.02. The van der Waals surface area contributed by atoms with Crippen LogP contribution in [0.3, 0.4) is 0 Å². The lowest BCUT2D eigenvalue weighted by Gasteiger charge is -2.16. The van der Waals surface area contributed by atoms with Crippen LogP contribution in [0.5, 0.6) is 11.5 Å². The molecule has 1 unspecified atom stereocenters. The minimum atomic E-state index is -3.78. The molecule has 0 saturated heterocycles. The SMILES string of the molecule is COc1cc(C)c(C)cc1S(=O)(=O)NCCNC(=O)C(C)Oc1ccc(Cl)cc1. The lowest BCUT2D eigenvalue weighted by atomic mass is 10.1. The number of carbonyl (C=O) groups is 1. The molecule has 0 aliphatic rings. The van der Waals surface area contributed by atoms with E-state index < -0.39 is 16.1 Å². The Balaban J connectivity index is 1.88. The topological polar surface area (TPSA) is 93.7 Å². The van der Waals surface area contributed by atoms with Crippen molar-refractivity contribution in [2.45, 2.75) is 31.8 Å². The van der Waals surface area contributed by atoms with E-state index in [9.17, 15) is 13.2 Å². The third-order valence-electron chi connectivity index (χ3n) is 4.28. The summed E-state index contributed by atoms with van der Waals surface area (Å²) in [5, 5.41) is 3.21. The molecule has 0 radical (unpaired) electrons. The number of sulfonamides is 1. The summed E-state index contributed by atoms with van der Waals surface area (Å²) < 4.78 is 38.4. The molecule has 29 heavy (non-hydrogen) atoms. The van der Waals surface area contributed by atoms with Crippen molar-refractivity contribution in [1.82, 2.24) is 10.0 Å². The molecule has 0 aliphatic heterocycles. The second-order valence-corrected chi connectivity index (χ2v) is 8.66. The van der Waals surface area contributed by atoms with Gasteiger partial charge in [0.15, 0.2) is 6.10 Å². The number of hydrogen-bond acceptors (Lipinski definition) is 5. The lowest BCUT2D eigenvalue weighted by molar-refractivity contribution is -0.127. The van der Waals surface area contributed by atoms with Crippen LogP contribution in [0.1, 0.15) is 18.1 Å². The number of ether oxygens (including phenoxy) is 2. The van der Waals surface area contributed by atoms with Gasteiger partial charge in [-0.2, -0.15) is 0 Å². The van der Waals surface area contributed by atoms with Gasteiger partial charge in [-0.15, -0.1) is 0 Å². The first-order valence-corrected chi connectivity index (χ1v) is 10.8. The maximum absolute atomic E-state index is 12.6. The number of nitrogens with one attached hydrogen (secondary N) is 2. The number of methoxy groups -OCH3 is 1. The number of hydrogen-bond donors (Lipinski definition) is 2. The first-order chi connectivity index (χ1) is 13.6. The Morgan fingerprint density at radius 3 is 2.34 bits per heavy atom. The fraction of sp³-hybridized carbons (Fsp3) is 0.350. The monoisotopic (exact) mass is 440 g/mol. The molecular weight excluding hydrogens is 416 g/mol. The van der Waals surface area contributed by atoms with Gasteiger partial charge in [-0.05, 0) is 68.3 Å². The van der Waals surface area contributed by atoms with Gasteiger partial charge in [0, 0.05) is 18.1 Å². The molecule has 0 fully saturated rings. The van der Waals surface area contributed by atoms with Gasteiger partial charge in [-0.1, -0.05) is 11.6 Å². The smallest absolute Gasteiger partial charge is 0.260 e. The summed E-state index contributed by atoms with van der Waals surface area (Å²) in [5.41, 5.74) is 1.77. The Kier molecular flexibility index (Phi) is 7.89. The van der Waals surface area contributed by atoms with Crippen molar-refractivity contribution in [3.63, 3.8) is 0 Å². The molecule has 0 saturated carbocycles. The zero-order valence-electron chi connectivity index (χ0n) is 16.8. The van der Waals surface area contributed by atoms with Crippen LogP contribution in [0.15, 0.2) is 41.3 Å². The second-order valence-electron chi connectivity index (χ2n) is 6.49. The molecule has 9 heteroatoms. The molecule has 1 amide bonds. The van der Waals surface area contributed by atoms with Crippen LogP contribution in [0.25, 0.3) is 0 Å². The minimum Gasteiger partial charge on any atom is -0.495 e. The van der Waals surface area contributed by atoms with Gasteiger partial charge < -0.3 is 14.8 Å². The Morgan fingerprint density at radius 1 is 1.10 bits per heavy atom. The third kappa shape index (κ3) is 6.35. The van der Waals surface area contributed by atoms with E-state index >= 15 is 0 Å². The predicted molar refractivity (Wildman–Crippen MR) is 112 cm³/mol. The Labute approximate surface area is 176 Å². The van der Waals surface area contributed by atoms with E-state index in [1.165, 1.54) is 7.11 Å². The first-order valence-electron chi connectivity index (χ1n) is 8.99. The standard InChI is InChI=1S/C20H25ClN2O5S/c1-13-11-18(27-4)19(12-14(13)2)29(25,26)23-10-9-22-20(24)15(3)28-17-7-5-16(21)6-8-17/h5-8,11-12,15,23H,9-10H2,1-4H3,(H,22,24). The van der Waals surface area contributed by atoms with Gasteiger partial charge in [0.1, 0.15) is 16.4 Å². The molecule has 0 aromatic heterocycles. The van der Waals surface area contributed by atoms with Crippen LogP contribution in [-0.4, -0.2) is 40.6 Å². The van der Waals surface area contributed by atoms with E-state index in [0.717, 1.165) is 11.1 Å². The molecular formula is C20H25ClN2O5S. The summed E-state index contributed by atoms with van der Waals surface area (Å²) in [7, 11) is -2.36. The van der Waals surface area contributed by atoms with E-state index in [-0.39, 0.29) is 29.6 Å². The van der Waals surface area contributed by atoms with Crippen LogP contribution >= 0.6 is 11.6 Å². The summed E-state index contributed by atoms with van der Waals surface area (Å²) >= 11 is 5.81. The average molecular weight is 441 g/mol. The van der Waals surface area contributed by atoms with Gasteiger partial charge in [0.05, 0.1) is 7.11 Å². The van der Waals surface area contributed by atoms with Crippen molar-refractivity contribution in [2.24, 2.45) is 0 Å². The highest BCUT2D eigenvalue weighted by Crippen LogP contribution is 2.27. The maximum Gasteiger partial charge on any atom is 0.260 e. The first kappa shape index (κ1) is 23.0. The highest BCUT2D eigenvalue weighted by Gasteiger charge is 2.21. The Hall–Kier alpha value is -2.29. The molecule has 0 bridgehead atoms. The summed E-state index contributed by atoms with van der Waals surface area (Å²) in [6, 6.07) is 9.90. The van der Waals surface area contributed by atoms with Gasteiger partial charge >= 0.3 is 0 Å². The number of amides is 1. The van der Waals surface area contributed by atoms with E-state index in [1.54, 1.807) is 43.3 Å². The lowest BCUT2D eigenvalue weighted by Crippen LogP contribution is -2.40. The zero-order chi connectivity index (χ0) is 21.6. The summed E-state index contributed by atoms with van der Waals surface area (Å²) in [4.78, 5) is 12.2. The van der Waals surface area contributed by atoms with Crippen molar-refractivity contribution in [3.8, 4) is 11.5 Å². The summed E-state index contributed by atoms with van der Waals surface area (Å²) in [6.45, 7) is 5.45. The minimum absolute atomic E-state index is 0.0256. The second kappa shape index (κ2) is 9.96. The van der Waals surface area contributed by atoms with Crippen molar-refractivity contribution in [1.29, 1.82) is 0 Å². The van der Waals surface area contributed by atoms with Gasteiger partial charge in [-0.3, -0.25) is 4.79 Å². The highest BCUT2D eigenvalue weighted by molar-refractivity contribution is 7.89. The fourth-order valence-electron chi connectivity index (χ4n) is 2.50. The van der Waals surface area contributed by atoms with Crippen molar-refractivity contribution in [2.75, 3.05) is 20.2 Å². The quantitative estimate of drug-likeness (QED) is 0.585. The number of halogens is 1. The fourth-order valence-corrected chi connectivity index (χ4v) is 3.89. The average Bonchev–Trinajstić information content (AvgIpc) is 2.68. The number of aryl methyl sites for hydroxylation is 2. The molecule has 1 atom stereocenters. The van der Waals surface area contributed by atoms with Crippen molar-refractivity contribution in [3.05, 3.63) is 52.5 Å². The molecule has 158 valence electrons. The number of carbonyl (C=O) groups excluding carboxylic acids is 1. The van der Waals surface area contributed by atoms with E-state index in [4.69, 9.17) is 21.1 Å². The largest absolute Gasteiger partial charge is 0.495 e. The van der Waals surface area contributed by atoms with Crippen LogP contribution in [0.4, 0.5) is 0 Å². The molecule has 2 rings (SSSR count). The maximum atomic E-state index is 12.6. The molecule has 0 spiro atoms. The molecule has 0 heterocycles. The zero-order valence-corrected chi connectivity index (χ0v) is 18.4. The number of benzene rings is 2. The van der Waals surface area contributed by atoms with Crippen molar-refractivity contribution >= 4 is 27.5 Å².